The van der Waals surface area contributed by atoms with Gasteiger partial charge in [0.2, 0.25) is 11.7 Å². The summed E-state index contributed by atoms with van der Waals surface area (Å²) in [4.78, 5) is 32.2. The van der Waals surface area contributed by atoms with Crippen molar-refractivity contribution in [2.24, 2.45) is 5.92 Å². The molecular formula is C27H24F8N4O3. The predicted octanol–water partition coefficient (Wildman–Crippen LogP) is 5.73. The number of halogens is 8. The van der Waals surface area contributed by atoms with E-state index in [-0.39, 0.29) is 17.7 Å². The van der Waals surface area contributed by atoms with Crippen LogP contribution in [-0.2, 0) is 23.9 Å². The van der Waals surface area contributed by atoms with Gasteiger partial charge in [-0.05, 0) is 49.6 Å². The van der Waals surface area contributed by atoms with Crippen LogP contribution in [0.15, 0.2) is 41.2 Å². The molecule has 0 bridgehead atoms. The van der Waals surface area contributed by atoms with E-state index in [1.807, 2.05) is 9.88 Å². The Hall–Kier alpha value is -4.17. The van der Waals surface area contributed by atoms with Gasteiger partial charge in [-0.1, -0.05) is 13.0 Å². The first-order valence-electron chi connectivity index (χ1n) is 12.7. The molecule has 2 aromatic carbocycles. The first kappa shape index (κ1) is 30.8. The Morgan fingerprint density at radius 2 is 1.67 bits per heavy atom. The molecule has 2 heterocycles. The molecule has 1 aliphatic heterocycles. The molecule has 42 heavy (non-hydrogen) atoms. The lowest BCUT2D eigenvalue weighted by Gasteiger charge is -2.33. The van der Waals surface area contributed by atoms with Crippen LogP contribution >= 0.6 is 0 Å². The molecule has 15 heteroatoms. The van der Waals surface area contributed by atoms with Crippen LogP contribution in [0.5, 0.6) is 5.75 Å². The summed E-state index contributed by atoms with van der Waals surface area (Å²) in [5, 5.41) is 2.52. The zero-order valence-electron chi connectivity index (χ0n) is 21.9. The number of hydrogen-bond acceptors (Lipinski definition) is 5. The highest BCUT2D eigenvalue weighted by atomic mass is 19.4. The largest absolute Gasteiger partial charge is 0.573 e. The van der Waals surface area contributed by atoms with Gasteiger partial charge in [-0.25, -0.2) is 9.37 Å². The zero-order chi connectivity index (χ0) is 30.8. The number of ether oxygens (including phenoxy) is 1. The number of carbonyl (C=O) groups excluding carboxylic acids is 1. The molecule has 1 aromatic heterocycles. The maximum atomic E-state index is 15.5. The number of hydrogen-bond donors (Lipinski definition) is 2. The van der Waals surface area contributed by atoms with E-state index in [2.05, 4.69) is 15.0 Å². The van der Waals surface area contributed by atoms with E-state index in [1.54, 1.807) is 0 Å². The van der Waals surface area contributed by atoms with Crippen LogP contribution in [-0.4, -0.2) is 35.3 Å². The van der Waals surface area contributed by atoms with Crippen LogP contribution in [0, 0.1) is 17.6 Å². The maximum absolute atomic E-state index is 15.5. The van der Waals surface area contributed by atoms with Gasteiger partial charge in [0.15, 0.2) is 0 Å². The molecule has 1 saturated heterocycles. The summed E-state index contributed by atoms with van der Waals surface area (Å²) in [6, 6.07) is 6.72. The predicted molar refractivity (Wildman–Crippen MR) is 134 cm³/mol. The average Bonchev–Trinajstić information content (AvgIpc) is 2.92. The van der Waals surface area contributed by atoms with Gasteiger partial charge < -0.3 is 19.9 Å². The monoisotopic (exact) mass is 604 g/mol. The third-order valence-electron chi connectivity index (χ3n) is 6.78. The Labute approximate surface area is 233 Å². The fraction of sp³-hybridized carbons (Fsp3) is 0.370. The van der Waals surface area contributed by atoms with E-state index >= 15 is 4.39 Å². The normalized spacial score (nSPS) is 14.6. The van der Waals surface area contributed by atoms with E-state index < -0.39 is 70.7 Å². The van der Waals surface area contributed by atoms with Crippen molar-refractivity contribution in [3.63, 3.8) is 0 Å². The lowest BCUT2D eigenvalue weighted by molar-refractivity contribution is -0.274. The number of amides is 1. The number of aromatic nitrogens is 2. The van der Waals surface area contributed by atoms with E-state index in [0.29, 0.717) is 37.7 Å². The molecule has 3 aromatic rings. The highest BCUT2D eigenvalue weighted by Gasteiger charge is 2.37. The smallest absolute Gasteiger partial charge is 0.406 e. The number of aryl methyl sites for hydroxylation is 1. The Bertz CT molecular complexity index is 1500. The number of benzene rings is 2. The number of alkyl halides is 6. The number of carbonyl (C=O) groups is 1. The molecule has 0 radical (unpaired) electrons. The number of anilines is 1. The Kier molecular flexibility index (Phi) is 8.78. The van der Waals surface area contributed by atoms with Crippen molar-refractivity contribution in [1.82, 2.24) is 15.3 Å². The summed E-state index contributed by atoms with van der Waals surface area (Å²) in [5.74, 6) is -4.79. The molecule has 0 atom stereocenters. The molecule has 0 spiro atoms. The summed E-state index contributed by atoms with van der Waals surface area (Å²) in [6.07, 6.45) is -9.26. The Morgan fingerprint density at radius 3 is 2.24 bits per heavy atom. The maximum Gasteiger partial charge on any atom is 0.573 e. The van der Waals surface area contributed by atoms with E-state index in [0.717, 1.165) is 6.07 Å². The molecular weight excluding hydrogens is 580 g/mol. The van der Waals surface area contributed by atoms with Gasteiger partial charge in [-0.2, -0.15) is 17.6 Å². The van der Waals surface area contributed by atoms with Gasteiger partial charge in [-0.3, -0.25) is 9.59 Å². The van der Waals surface area contributed by atoms with Crippen LogP contribution in [0.1, 0.15) is 36.6 Å². The van der Waals surface area contributed by atoms with Crippen molar-refractivity contribution in [2.75, 3.05) is 18.0 Å². The van der Waals surface area contributed by atoms with Crippen LogP contribution in [0.3, 0.4) is 0 Å². The van der Waals surface area contributed by atoms with E-state index in [9.17, 15) is 40.3 Å². The molecule has 1 aliphatic rings. The van der Waals surface area contributed by atoms with Crippen molar-refractivity contribution >= 4 is 11.6 Å². The highest BCUT2D eigenvalue weighted by molar-refractivity contribution is 5.79. The molecule has 2 N–H and O–H groups in total. The Morgan fingerprint density at radius 1 is 1.02 bits per heavy atom. The highest BCUT2D eigenvalue weighted by Crippen LogP contribution is 2.38. The standard InChI is InChI=1S/C27H24F8N4O3/c1-2-19-22(29)25(41)38-23(37-19)20-18(26(30,31)32)8-3-15(21(20)28)13-36-24(40)14-9-11-39(12-10-14)16-4-6-17(7-5-16)42-27(33,34)35/h3-8,14H,2,9-13H2,1H3,(H,36,40)(H,37,38,41). The number of nitrogens with zero attached hydrogens (tertiary/aromatic N) is 2. The third-order valence-corrected chi connectivity index (χ3v) is 6.78. The van der Waals surface area contributed by atoms with Crippen LogP contribution in [0.25, 0.3) is 11.4 Å². The number of aromatic amines is 1. The molecule has 1 fully saturated rings. The van der Waals surface area contributed by atoms with Gasteiger partial charge in [0.25, 0.3) is 5.56 Å². The molecule has 7 nitrogen and oxygen atoms in total. The number of nitrogens with one attached hydrogen (secondary N) is 2. The average molecular weight is 604 g/mol. The lowest BCUT2D eigenvalue weighted by atomic mass is 9.95. The van der Waals surface area contributed by atoms with Crippen LogP contribution < -0.4 is 20.5 Å². The van der Waals surface area contributed by atoms with Gasteiger partial charge in [0.1, 0.15) is 17.4 Å². The lowest BCUT2D eigenvalue weighted by Crippen LogP contribution is -2.40. The molecule has 0 saturated carbocycles. The quantitative estimate of drug-likeness (QED) is 0.337. The minimum absolute atomic E-state index is 0.127. The topological polar surface area (TPSA) is 87.3 Å². The number of H-pyrrole nitrogens is 1. The second kappa shape index (κ2) is 12.0. The second-order valence-corrected chi connectivity index (χ2v) is 9.51. The molecule has 0 unspecified atom stereocenters. The third kappa shape index (κ3) is 6.99. The van der Waals surface area contributed by atoms with E-state index in [4.69, 9.17) is 0 Å². The first-order chi connectivity index (χ1) is 19.7. The zero-order valence-corrected chi connectivity index (χ0v) is 21.9. The van der Waals surface area contributed by atoms with Crippen molar-refractivity contribution in [1.29, 1.82) is 0 Å². The van der Waals surface area contributed by atoms with Gasteiger partial charge >= 0.3 is 12.5 Å². The number of piperidine rings is 1. The summed E-state index contributed by atoms with van der Waals surface area (Å²) in [5.41, 5.74) is -3.97. The fourth-order valence-electron chi connectivity index (χ4n) is 4.67. The van der Waals surface area contributed by atoms with E-state index in [1.165, 1.54) is 31.2 Å². The minimum Gasteiger partial charge on any atom is -0.406 e. The molecule has 4 rings (SSSR count). The van der Waals surface area contributed by atoms with Gasteiger partial charge in [-0.15, -0.1) is 13.2 Å². The van der Waals surface area contributed by atoms with Crippen molar-refractivity contribution in [2.45, 2.75) is 45.3 Å². The summed E-state index contributed by atoms with van der Waals surface area (Å²) >= 11 is 0. The van der Waals surface area contributed by atoms with Crippen molar-refractivity contribution in [3.05, 3.63) is 75.2 Å². The first-order valence-corrected chi connectivity index (χ1v) is 12.7. The van der Waals surface area contributed by atoms with Crippen molar-refractivity contribution < 1.29 is 44.7 Å². The van der Waals surface area contributed by atoms with Gasteiger partial charge in [0.05, 0.1) is 16.8 Å². The molecule has 0 aliphatic carbocycles. The van der Waals surface area contributed by atoms with Crippen LogP contribution in [0.2, 0.25) is 0 Å². The summed E-state index contributed by atoms with van der Waals surface area (Å²) in [6.45, 7) is 1.73. The number of rotatable bonds is 7. The molecule has 1 amide bonds. The summed E-state index contributed by atoms with van der Waals surface area (Å²) in [7, 11) is 0. The van der Waals surface area contributed by atoms with Crippen molar-refractivity contribution in [3.8, 4) is 17.1 Å². The van der Waals surface area contributed by atoms with Crippen LogP contribution in [0.4, 0.5) is 40.8 Å². The summed E-state index contributed by atoms with van der Waals surface area (Å²) < 4.78 is 112. The molecule has 226 valence electrons. The second-order valence-electron chi connectivity index (χ2n) is 9.51. The fourth-order valence-corrected chi connectivity index (χ4v) is 4.67. The SMILES string of the molecule is CCc1nc(-c2c(C(F)(F)F)ccc(CNC(=O)C3CCN(c4ccc(OC(F)(F)F)cc4)CC3)c2F)[nH]c(=O)c1F. The Balaban J connectivity index is 1.45. The van der Waals surface area contributed by atoms with Gasteiger partial charge in [0, 0.05) is 36.8 Å². The minimum atomic E-state index is -5.03.